The standard InChI is InChI=1S/C17H17N3/c1-13(2)10-12-18-14(3)15-8-6-9-17(20-15)16-7-4-5-11-19-16/h4-12H,1H2,2-3H3/b12-10-,18-14?. The highest BCUT2D eigenvalue weighted by atomic mass is 14.8. The molecule has 0 amide bonds. The maximum absolute atomic E-state index is 4.59. The van der Waals surface area contributed by atoms with Gasteiger partial charge >= 0.3 is 0 Å². The summed E-state index contributed by atoms with van der Waals surface area (Å²) >= 11 is 0. The normalized spacial score (nSPS) is 11.8. The van der Waals surface area contributed by atoms with Gasteiger partial charge in [-0.3, -0.25) is 9.98 Å². The van der Waals surface area contributed by atoms with E-state index in [2.05, 4.69) is 21.5 Å². The van der Waals surface area contributed by atoms with Crippen LogP contribution in [0.2, 0.25) is 0 Å². The zero-order chi connectivity index (χ0) is 14.4. The van der Waals surface area contributed by atoms with E-state index < -0.39 is 0 Å². The first-order valence-electron chi connectivity index (χ1n) is 6.42. The van der Waals surface area contributed by atoms with Crippen LogP contribution in [0, 0.1) is 0 Å². The van der Waals surface area contributed by atoms with Gasteiger partial charge in [0.1, 0.15) is 0 Å². The molecule has 2 aromatic heterocycles. The van der Waals surface area contributed by atoms with Crippen LogP contribution in [0.5, 0.6) is 0 Å². The molecule has 20 heavy (non-hydrogen) atoms. The van der Waals surface area contributed by atoms with Crippen LogP contribution in [0.3, 0.4) is 0 Å². The molecule has 2 aromatic rings. The van der Waals surface area contributed by atoms with Crippen molar-refractivity contribution < 1.29 is 0 Å². The quantitative estimate of drug-likeness (QED) is 0.616. The highest BCUT2D eigenvalue weighted by Crippen LogP contribution is 2.14. The van der Waals surface area contributed by atoms with Crippen LogP contribution < -0.4 is 0 Å². The third-order valence-corrected chi connectivity index (χ3v) is 2.67. The topological polar surface area (TPSA) is 38.1 Å². The first-order chi connectivity index (χ1) is 9.66. The lowest BCUT2D eigenvalue weighted by Gasteiger charge is -2.03. The Bertz CT molecular complexity index is 655. The van der Waals surface area contributed by atoms with E-state index in [4.69, 9.17) is 0 Å². The van der Waals surface area contributed by atoms with E-state index >= 15 is 0 Å². The molecule has 100 valence electrons. The lowest BCUT2D eigenvalue weighted by molar-refractivity contribution is 1.22. The molecule has 0 radical (unpaired) electrons. The first kappa shape index (κ1) is 13.9. The molecule has 3 nitrogen and oxygen atoms in total. The summed E-state index contributed by atoms with van der Waals surface area (Å²) in [4.78, 5) is 13.3. The van der Waals surface area contributed by atoms with E-state index in [1.807, 2.05) is 56.3 Å². The van der Waals surface area contributed by atoms with E-state index in [1.54, 1.807) is 12.4 Å². The maximum atomic E-state index is 4.59. The second-order valence-corrected chi connectivity index (χ2v) is 4.50. The van der Waals surface area contributed by atoms with Crippen molar-refractivity contribution in [1.29, 1.82) is 0 Å². The third-order valence-electron chi connectivity index (χ3n) is 2.67. The summed E-state index contributed by atoms with van der Waals surface area (Å²) in [6.45, 7) is 7.67. The fourth-order valence-corrected chi connectivity index (χ4v) is 1.64. The van der Waals surface area contributed by atoms with Gasteiger partial charge in [0.15, 0.2) is 0 Å². The number of aliphatic imine (C=N–C) groups is 1. The Morgan fingerprint density at radius 1 is 1.10 bits per heavy atom. The number of nitrogens with zero attached hydrogens (tertiary/aromatic N) is 3. The summed E-state index contributed by atoms with van der Waals surface area (Å²) in [7, 11) is 0. The number of hydrogen-bond donors (Lipinski definition) is 0. The molecular formula is C17H17N3. The average Bonchev–Trinajstić information content (AvgIpc) is 2.48. The minimum atomic E-state index is 0.847. The van der Waals surface area contributed by atoms with E-state index in [0.29, 0.717) is 0 Å². The molecule has 0 saturated carbocycles. The molecule has 0 unspecified atom stereocenters. The van der Waals surface area contributed by atoms with Gasteiger partial charge in [-0.2, -0.15) is 0 Å². The van der Waals surface area contributed by atoms with Gasteiger partial charge in [0, 0.05) is 12.4 Å². The summed E-state index contributed by atoms with van der Waals surface area (Å²) in [6.07, 6.45) is 5.37. The Labute approximate surface area is 119 Å². The van der Waals surface area contributed by atoms with Crippen molar-refractivity contribution in [2.75, 3.05) is 0 Å². The van der Waals surface area contributed by atoms with E-state index in [-0.39, 0.29) is 0 Å². The highest BCUT2D eigenvalue weighted by Gasteiger charge is 2.03. The molecule has 0 spiro atoms. The molecule has 0 atom stereocenters. The highest BCUT2D eigenvalue weighted by molar-refractivity contribution is 5.97. The molecule has 2 rings (SSSR count). The fourth-order valence-electron chi connectivity index (χ4n) is 1.64. The molecule has 0 N–H and O–H groups in total. The number of allylic oxidation sites excluding steroid dienone is 2. The van der Waals surface area contributed by atoms with Gasteiger partial charge in [-0.15, -0.1) is 0 Å². The molecule has 3 heteroatoms. The van der Waals surface area contributed by atoms with Gasteiger partial charge in [0.25, 0.3) is 0 Å². The lowest BCUT2D eigenvalue weighted by atomic mass is 10.2. The van der Waals surface area contributed by atoms with Gasteiger partial charge in [-0.1, -0.05) is 24.3 Å². The van der Waals surface area contributed by atoms with Crippen molar-refractivity contribution in [2.24, 2.45) is 4.99 Å². The maximum Gasteiger partial charge on any atom is 0.0894 e. The minimum absolute atomic E-state index is 0.847. The summed E-state index contributed by atoms with van der Waals surface area (Å²) in [5.74, 6) is 0. The summed E-state index contributed by atoms with van der Waals surface area (Å²) in [5.41, 5.74) is 4.39. The Kier molecular flexibility index (Phi) is 4.56. The predicted molar refractivity (Wildman–Crippen MR) is 83.6 cm³/mol. The Morgan fingerprint density at radius 3 is 2.60 bits per heavy atom. The SMILES string of the molecule is C=C(C)/C=C\N=C(C)c1cccc(-c2ccccn2)n1. The van der Waals surface area contributed by atoms with Crippen molar-refractivity contribution in [3.63, 3.8) is 0 Å². The van der Waals surface area contributed by atoms with Crippen LogP contribution >= 0.6 is 0 Å². The molecule has 0 aromatic carbocycles. The summed E-state index contributed by atoms with van der Waals surface area (Å²) in [5, 5.41) is 0. The molecule has 0 aliphatic carbocycles. The van der Waals surface area contributed by atoms with Crippen LogP contribution in [0.4, 0.5) is 0 Å². The van der Waals surface area contributed by atoms with Crippen LogP contribution in [-0.4, -0.2) is 15.7 Å². The van der Waals surface area contributed by atoms with Gasteiger partial charge < -0.3 is 0 Å². The van der Waals surface area contributed by atoms with Crippen molar-refractivity contribution >= 4 is 5.71 Å². The smallest absolute Gasteiger partial charge is 0.0894 e. The lowest BCUT2D eigenvalue weighted by Crippen LogP contribution is -1.99. The first-order valence-corrected chi connectivity index (χ1v) is 6.42. The zero-order valence-corrected chi connectivity index (χ0v) is 11.7. The van der Waals surface area contributed by atoms with E-state index in [9.17, 15) is 0 Å². The van der Waals surface area contributed by atoms with E-state index in [1.165, 1.54) is 0 Å². The minimum Gasteiger partial charge on any atom is -0.259 e. The van der Waals surface area contributed by atoms with Crippen molar-refractivity contribution in [2.45, 2.75) is 13.8 Å². The van der Waals surface area contributed by atoms with Crippen molar-refractivity contribution in [3.05, 3.63) is 72.7 Å². The van der Waals surface area contributed by atoms with E-state index in [0.717, 1.165) is 28.4 Å². The molecular weight excluding hydrogens is 246 g/mol. The van der Waals surface area contributed by atoms with Crippen molar-refractivity contribution in [3.8, 4) is 11.4 Å². The second-order valence-electron chi connectivity index (χ2n) is 4.50. The molecule has 0 bridgehead atoms. The summed E-state index contributed by atoms with van der Waals surface area (Å²) in [6, 6.07) is 11.6. The molecule has 0 aliphatic heterocycles. The third kappa shape index (κ3) is 3.72. The van der Waals surface area contributed by atoms with Crippen LogP contribution in [-0.2, 0) is 0 Å². The summed E-state index contributed by atoms with van der Waals surface area (Å²) < 4.78 is 0. The van der Waals surface area contributed by atoms with Crippen LogP contribution in [0.25, 0.3) is 11.4 Å². The zero-order valence-electron chi connectivity index (χ0n) is 11.7. The molecule has 0 fully saturated rings. The van der Waals surface area contributed by atoms with Crippen LogP contribution in [0.1, 0.15) is 19.5 Å². The Balaban J connectivity index is 2.28. The number of pyridine rings is 2. The Hall–Kier alpha value is -2.55. The average molecular weight is 263 g/mol. The molecule has 0 aliphatic rings. The second kappa shape index (κ2) is 6.57. The van der Waals surface area contributed by atoms with Crippen molar-refractivity contribution in [1.82, 2.24) is 9.97 Å². The predicted octanol–water partition coefficient (Wildman–Crippen LogP) is 4.04. The molecule has 2 heterocycles. The van der Waals surface area contributed by atoms with Gasteiger partial charge in [0.05, 0.1) is 22.8 Å². The number of rotatable bonds is 4. The van der Waals surface area contributed by atoms with Gasteiger partial charge in [-0.25, -0.2) is 4.98 Å². The van der Waals surface area contributed by atoms with Gasteiger partial charge in [-0.05, 0) is 44.2 Å². The number of hydrogen-bond acceptors (Lipinski definition) is 3. The number of aromatic nitrogens is 2. The largest absolute Gasteiger partial charge is 0.259 e. The van der Waals surface area contributed by atoms with Gasteiger partial charge in [0.2, 0.25) is 0 Å². The fraction of sp³-hybridized carbons (Fsp3) is 0.118. The Morgan fingerprint density at radius 2 is 1.90 bits per heavy atom. The monoisotopic (exact) mass is 263 g/mol. The molecule has 0 saturated heterocycles. The van der Waals surface area contributed by atoms with Crippen LogP contribution in [0.15, 0.2) is 72.0 Å².